The van der Waals surface area contributed by atoms with Gasteiger partial charge in [-0.15, -0.1) is 16.9 Å². The molecular formula is C19H19BrN2O3S. The standard InChI is InChI=1S/C19H19BrN2O3S/c1-3-25-19(24)18(22-21-15-8-4-13(2)5-9-15)17(23)12-26-16-10-6-14(20)7-11-16/h4-11,23H,3,12H2,1-2H3/b18-17-,22-21?. The van der Waals surface area contributed by atoms with E-state index >= 15 is 0 Å². The molecule has 0 unspecified atom stereocenters. The van der Waals surface area contributed by atoms with Crippen LogP contribution in [0.2, 0.25) is 0 Å². The molecule has 0 aliphatic rings. The molecule has 0 aliphatic carbocycles. The van der Waals surface area contributed by atoms with Crippen molar-refractivity contribution in [1.29, 1.82) is 0 Å². The van der Waals surface area contributed by atoms with Crippen molar-refractivity contribution in [2.45, 2.75) is 18.7 Å². The summed E-state index contributed by atoms with van der Waals surface area (Å²) in [6, 6.07) is 15.0. The van der Waals surface area contributed by atoms with E-state index in [9.17, 15) is 9.90 Å². The number of carbonyl (C=O) groups excluding carboxylic acids is 1. The van der Waals surface area contributed by atoms with Crippen LogP contribution < -0.4 is 0 Å². The Morgan fingerprint density at radius 1 is 1.15 bits per heavy atom. The van der Waals surface area contributed by atoms with Crippen LogP contribution in [0.25, 0.3) is 0 Å². The number of aryl methyl sites for hydroxylation is 1. The fourth-order valence-electron chi connectivity index (χ4n) is 1.89. The first-order valence-corrected chi connectivity index (χ1v) is 9.73. The number of esters is 1. The fraction of sp³-hybridized carbons (Fsp3) is 0.211. The summed E-state index contributed by atoms with van der Waals surface area (Å²) in [6.45, 7) is 3.85. The highest BCUT2D eigenvalue weighted by molar-refractivity contribution is 9.10. The first kappa shape index (κ1) is 20.2. The number of rotatable bonds is 7. The van der Waals surface area contributed by atoms with Crippen LogP contribution in [0.5, 0.6) is 0 Å². The zero-order valence-electron chi connectivity index (χ0n) is 14.5. The monoisotopic (exact) mass is 434 g/mol. The van der Waals surface area contributed by atoms with Gasteiger partial charge in [-0.05, 0) is 50.2 Å². The molecule has 1 N–H and O–H groups in total. The van der Waals surface area contributed by atoms with Crippen molar-refractivity contribution < 1.29 is 14.6 Å². The number of halogens is 1. The van der Waals surface area contributed by atoms with Gasteiger partial charge in [0.2, 0.25) is 5.70 Å². The summed E-state index contributed by atoms with van der Waals surface area (Å²) in [6.07, 6.45) is 0. The molecule has 0 spiro atoms. The molecule has 0 aliphatic heterocycles. The van der Waals surface area contributed by atoms with E-state index in [1.807, 2.05) is 43.3 Å². The molecule has 0 fully saturated rings. The molecule has 0 aromatic heterocycles. The number of nitrogens with zero attached hydrogens (tertiary/aromatic N) is 2. The van der Waals surface area contributed by atoms with E-state index in [0.717, 1.165) is 14.9 Å². The van der Waals surface area contributed by atoms with Gasteiger partial charge in [-0.25, -0.2) is 4.79 Å². The first-order chi connectivity index (χ1) is 12.5. The number of hydrogen-bond donors (Lipinski definition) is 1. The summed E-state index contributed by atoms with van der Waals surface area (Å²) in [5.74, 6) is -0.688. The largest absolute Gasteiger partial charge is 0.509 e. The third-order valence-electron chi connectivity index (χ3n) is 3.23. The molecule has 5 nitrogen and oxygen atoms in total. The van der Waals surface area contributed by atoms with Crippen molar-refractivity contribution >= 4 is 39.3 Å². The van der Waals surface area contributed by atoms with Crippen LogP contribution in [0.1, 0.15) is 12.5 Å². The molecule has 2 rings (SSSR count). The highest BCUT2D eigenvalue weighted by Gasteiger charge is 2.17. The predicted molar refractivity (Wildman–Crippen MR) is 107 cm³/mol. The maximum atomic E-state index is 12.1. The van der Waals surface area contributed by atoms with Crippen LogP contribution in [-0.4, -0.2) is 23.4 Å². The molecule has 0 bridgehead atoms. The van der Waals surface area contributed by atoms with Crippen LogP contribution in [0, 0.1) is 6.92 Å². The van der Waals surface area contributed by atoms with E-state index in [4.69, 9.17) is 4.74 Å². The summed E-state index contributed by atoms with van der Waals surface area (Å²) in [7, 11) is 0. The van der Waals surface area contributed by atoms with Crippen molar-refractivity contribution in [3.63, 3.8) is 0 Å². The first-order valence-electron chi connectivity index (χ1n) is 7.95. The van der Waals surface area contributed by atoms with E-state index in [2.05, 4.69) is 26.2 Å². The van der Waals surface area contributed by atoms with Crippen molar-refractivity contribution in [3.05, 3.63) is 70.0 Å². The number of benzene rings is 2. The number of aliphatic hydroxyl groups is 1. The Labute approximate surface area is 165 Å². The van der Waals surface area contributed by atoms with E-state index in [0.29, 0.717) is 5.69 Å². The Hall–Kier alpha value is -2.12. The lowest BCUT2D eigenvalue weighted by atomic mass is 10.2. The molecule has 0 saturated carbocycles. The van der Waals surface area contributed by atoms with Crippen molar-refractivity contribution in [2.24, 2.45) is 10.2 Å². The molecule has 0 amide bonds. The third-order valence-corrected chi connectivity index (χ3v) is 4.78. The van der Waals surface area contributed by atoms with Crippen molar-refractivity contribution in [1.82, 2.24) is 0 Å². The molecule has 136 valence electrons. The molecule has 2 aromatic rings. The summed E-state index contributed by atoms with van der Waals surface area (Å²) >= 11 is 4.76. The molecule has 0 atom stereocenters. The van der Waals surface area contributed by atoms with E-state index < -0.39 is 5.97 Å². The molecule has 7 heteroatoms. The Bertz CT molecular complexity index is 803. The Kier molecular flexibility index (Phi) is 7.87. The number of hydrogen-bond acceptors (Lipinski definition) is 6. The van der Waals surface area contributed by atoms with Crippen LogP contribution in [-0.2, 0) is 9.53 Å². The van der Waals surface area contributed by atoms with Crippen molar-refractivity contribution in [2.75, 3.05) is 12.4 Å². The Balaban J connectivity index is 2.17. The maximum Gasteiger partial charge on any atom is 0.362 e. The van der Waals surface area contributed by atoms with Crippen LogP contribution in [0.3, 0.4) is 0 Å². The average Bonchev–Trinajstić information content (AvgIpc) is 2.63. The third kappa shape index (κ3) is 6.31. The summed E-state index contributed by atoms with van der Waals surface area (Å²) in [5, 5.41) is 18.3. The topological polar surface area (TPSA) is 71.2 Å². The minimum atomic E-state index is -0.697. The Morgan fingerprint density at radius 2 is 1.81 bits per heavy atom. The second-order valence-electron chi connectivity index (χ2n) is 5.29. The number of aliphatic hydroxyl groups excluding tert-OH is 1. The van der Waals surface area contributed by atoms with Crippen molar-refractivity contribution in [3.8, 4) is 0 Å². The van der Waals surface area contributed by atoms with E-state index in [1.165, 1.54) is 11.8 Å². The lowest BCUT2D eigenvalue weighted by Crippen LogP contribution is -2.09. The van der Waals surface area contributed by atoms with E-state index in [1.54, 1.807) is 19.1 Å². The van der Waals surface area contributed by atoms with Gasteiger partial charge in [0, 0.05) is 9.37 Å². The zero-order valence-corrected chi connectivity index (χ0v) is 16.9. The lowest BCUT2D eigenvalue weighted by Gasteiger charge is -2.06. The minimum Gasteiger partial charge on any atom is -0.509 e. The van der Waals surface area contributed by atoms with Gasteiger partial charge in [-0.1, -0.05) is 33.6 Å². The summed E-state index contributed by atoms with van der Waals surface area (Å²) in [4.78, 5) is 13.1. The number of thioether (sulfide) groups is 1. The summed E-state index contributed by atoms with van der Waals surface area (Å²) in [5.41, 5.74) is 1.50. The van der Waals surface area contributed by atoms with Crippen LogP contribution in [0.15, 0.2) is 79.6 Å². The normalized spacial score (nSPS) is 12.1. The minimum absolute atomic E-state index is 0.174. The van der Waals surface area contributed by atoms with Gasteiger partial charge in [0.1, 0.15) is 5.76 Å². The van der Waals surface area contributed by atoms with Gasteiger partial charge in [0.25, 0.3) is 0 Å². The van der Waals surface area contributed by atoms with Gasteiger partial charge in [-0.2, -0.15) is 5.11 Å². The SMILES string of the molecule is CCOC(=O)/C(N=Nc1ccc(C)cc1)=C(/O)CSc1ccc(Br)cc1. The number of azo groups is 1. The second-order valence-corrected chi connectivity index (χ2v) is 7.26. The molecule has 0 heterocycles. The van der Waals surface area contributed by atoms with Gasteiger partial charge in [0.05, 0.1) is 18.0 Å². The summed E-state index contributed by atoms with van der Waals surface area (Å²) < 4.78 is 5.95. The molecule has 0 saturated heterocycles. The van der Waals surface area contributed by atoms with Gasteiger partial charge < -0.3 is 9.84 Å². The second kappa shape index (κ2) is 10.1. The van der Waals surface area contributed by atoms with Crippen LogP contribution in [0.4, 0.5) is 5.69 Å². The van der Waals surface area contributed by atoms with Gasteiger partial charge >= 0.3 is 5.97 Å². The van der Waals surface area contributed by atoms with Gasteiger partial charge in [0.15, 0.2) is 0 Å². The predicted octanol–water partition coefficient (Wildman–Crippen LogP) is 5.97. The quantitative estimate of drug-likeness (QED) is 0.191. The van der Waals surface area contributed by atoms with E-state index in [-0.39, 0.29) is 23.8 Å². The molecular weight excluding hydrogens is 416 g/mol. The Morgan fingerprint density at radius 3 is 2.42 bits per heavy atom. The number of ether oxygens (including phenoxy) is 1. The highest BCUT2D eigenvalue weighted by Crippen LogP contribution is 2.24. The molecule has 0 radical (unpaired) electrons. The maximum absolute atomic E-state index is 12.1. The smallest absolute Gasteiger partial charge is 0.362 e. The molecule has 2 aromatic carbocycles. The fourth-order valence-corrected chi connectivity index (χ4v) is 2.92. The zero-order chi connectivity index (χ0) is 18.9. The average molecular weight is 435 g/mol. The lowest BCUT2D eigenvalue weighted by molar-refractivity contribution is -0.138. The highest BCUT2D eigenvalue weighted by atomic mass is 79.9. The number of carbonyl (C=O) groups is 1. The van der Waals surface area contributed by atoms with Crippen LogP contribution >= 0.6 is 27.7 Å². The van der Waals surface area contributed by atoms with Gasteiger partial charge in [-0.3, -0.25) is 0 Å². The molecule has 26 heavy (non-hydrogen) atoms.